The molecule has 90 valence electrons. The van der Waals surface area contributed by atoms with E-state index in [0.29, 0.717) is 12.1 Å². The number of aryl methyl sites for hydroxylation is 1. The van der Waals surface area contributed by atoms with Crippen molar-refractivity contribution in [1.82, 2.24) is 0 Å². The van der Waals surface area contributed by atoms with Gasteiger partial charge in [-0.05, 0) is 42.3 Å². The maximum atomic E-state index is 13.5. The first-order chi connectivity index (χ1) is 8.69. The first kappa shape index (κ1) is 12.3. The SMILES string of the molecule is Cc1ccc(F)c(C#Cc2ccc(CN)cc2)c1. The van der Waals surface area contributed by atoms with E-state index < -0.39 is 0 Å². The Balaban J connectivity index is 2.27. The highest BCUT2D eigenvalue weighted by Gasteiger charge is 1.98. The van der Waals surface area contributed by atoms with Crippen LogP contribution in [0.25, 0.3) is 0 Å². The van der Waals surface area contributed by atoms with Crippen molar-refractivity contribution in [3.05, 3.63) is 70.5 Å². The van der Waals surface area contributed by atoms with Crippen LogP contribution in [-0.2, 0) is 6.54 Å². The van der Waals surface area contributed by atoms with Crippen molar-refractivity contribution in [2.45, 2.75) is 13.5 Å². The van der Waals surface area contributed by atoms with Crippen LogP contribution in [0.3, 0.4) is 0 Å². The van der Waals surface area contributed by atoms with Gasteiger partial charge < -0.3 is 5.73 Å². The van der Waals surface area contributed by atoms with Gasteiger partial charge in [-0.3, -0.25) is 0 Å². The van der Waals surface area contributed by atoms with E-state index in [-0.39, 0.29) is 5.82 Å². The van der Waals surface area contributed by atoms with E-state index in [1.54, 1.807) is 12.1 Å². The maximum Gasteiger partial charge on any atom is 0.138 e. The molecule has 0 spiro atoms. The van der Waals surface area contributed by atoms with Gasteiger partial charge in [0.15, 0.2) is 0 Å². The van der Waals surface area contributed by atoms with Gasteiger partial charge in [-0.15, -0.1) is 0 Å². The first-order valence-corrected chi connectivity index (χ1v) is 5.76. The summed E-state index contributed by atoms with van der Waals surface area (Å²) in [6.07, 6.45) is 0. The zero-order valence-electron chi connectivity index (χ0n) is 10.2. The van der Waals surface area contributed by atoms with Crippen LogP contribution in [0.4, 0.5) is 4.39 Å². The highest BCUT2D eigenvalue weighted by Crippen LogP contribution is 2.09. The molecule has 0 unspecified atom stereocenters. The van der Waals surface area contributed by atoms with Gasteiger partial charge in [-0.1, -0.05) is 30.0 Å². The molecule has 2 heteroatoms. The molecular formula is C16H14FN. The predicted octanol–water partition coefficient (Wildman–Crippen LogP) is 2.99. The minimum atomic E-state index is -0.285. The molecule has 2 N–H and O–H groups in total. The Morgan fingerprint density at radius 2 is 1.78 bits per heavy atom. The molecule has 2 aromatic rings. The standard InChI is InChI=1S/C16H14FN/c1-12-2-9-16(17)15(10-12)8-7-13-3-5-14(11-18)6-4-13/h2-6,9-10H,11,18H2,1H3. The highest BCUT2D eigenvalue weighted by atomic mass is 19.1. The Labute approximate surface area is 106 Å². The topological polar surface area (TPSA) is 26.0 Å². The van der Waals surface area contributed by atoms with E-state index in [4.69, 9.17) is 5.73 Å². The van der Waals surface area contributed by atoms with Crippen LogP contribution in [0.15, 0.2) is 42.5 Å². The van der Waals surface area contributed by atoms with Gasteiger partial charge in [0.2, 0.25) is 0 Å². The van der Waals surface area contributed by atoms with Gasteiger partial charge in [-0.2, -0.15) is 0 Å². The van der Waals surface area contributed by atoms with E-state index >= 15 is 0 Å². The lowest BCUT2D eigenvalue weighted by molar-refractivity contribution is 0.624. The van der Waals surface area contributed by atoms with Gasteiger partial charge in [0.05, 0.1) is 5.56 Å². The van der Waals surface area contributed by atoms with Gasteiger partial charge in [0, 0.05) is 12.1 Å². The van der Waals surface area contributed by atoms with E-state index in [1.165, 1.54) is 6.07 Å². The summed E-state index contributed by atoms with van der Waals surface area (Å²) >= 11 is 0. The van der Waals surface area contributed by atoms with Crippen molar-refractivity contribution in [1.29, 1.82) is 0 Å². The van der Waals surface area contributed by atoms with Crippen molar-refractivity contribution in [3.8, 4) is 11.8 Å². The molecule has 0 bridgehead atoms. The lowest BCUT2D eigenvalue weighted by Crippen LogP contribution is -1.95. The Kier molecular flexibility index (Phi) is 3.76. The Bertz CT molecular complexity index is 603. The second-order valence-electron chi connectivity index (χ2n) is 4.13. The van der Waals surface area contributed by atoms with E-state index in [2.05, 4.69) is 11.8 Å². The predicted molar refractivity (Wildman–Crippen MR) is 71.5 cm³/mol. The molecule has 1 nitrogen and oxygen atoms in total. The summed E-state index contributed by atoms with van der Waals surface area (Å²) in [5, 5.41) is 0. The molecule has 2 aromatic carbocycles. The van der Waals surface area contributed by atoms with Gasteiger partial charge in [0.1, 0.15) is 5.82 Å². The smallest absolute Gasteiger partial charge is 0.138 e. The largest absolute Gasteiger partial charge is 0.326 e. The zero-order valence-corrected chi connectivity index (χ0v) is 10.2. The summed E-state index contributed by atoms with van der Waals surface area (Å²) in [4.78, 5) is 0. The number of nitrogens with two attached hydrogens (primary N) is 1. The molecule has 0 aliphatic rings. The van der Waals surface area contributed by atoms with Crippen LogP contribution < -0.4 is 5.73 Å². The normalized spacial score (nSPS) is 9.72. The Hall–Kier alpha value is -2.11. The van der Waals surface area contributed by atoms with Crippen molar-refractivity contribution >= 4 is 0 Å². The average molecular weight is 239 g/mol. The van der Waals surface area contributed by atoms with Gasteiger partial charge in [0.25, 0.3) is 0 Å². The fourth-order valence-corrected chi connectivity index (χ4v) is 1.60. The summed E-state index contributed by atoms with van der Waals surface area (Å²) < 4.78 is 13.5. The molecule has 18 heavy (non-hydrogen) atoms. The fraction of sp³-hybridized carbons (Fsp3) is 0.125. The lowest BCUT2D eigenvalue weighted by Gasteiger charge is -1.97. The summed E-state index contributed by atoms with van der Waals surface area (Å²) in [7, 11) is 0. The van der Waals surface area contributed by atoms with E-state index in [0.717, 1.165) is 16.7 Å². The van der Waals surface area contributed by atoms with Gasteiger partial charge in [-0.25, -0.2) is 4.39 Å². The third-order valence-corrected chi connectivity index (χ3v) is 2.65. The third kappa shape index (κ3) is 2.97. The molecule has 0 aliphatic carbocycles. The quantitative estimate of drug-likeness (QED) is 0.761. The Morgan fingerprint density at radius 3 is 2.44 bits per heavy atom. The van der Waals surface area contributed by atoms with Crippen LogP contribution in [0.1, 0.15) is 22.3 Å². The van der Waals surface area contributed by atoms with Crippen LogP contribution >= 0.6 is 0 Å². The van der Waals surface area contributed by atoms with E-state index in [1.807, 2.05) is 31.2 Å². The lowest BCUT2D eigenvalue weighted by atomic mass is 10.1. The summed E-state index contributed by atoms with van der Waals surface area (Å²) in [5.74, 6) is 5.52. The zero-order chi connectivity index (χ0) is 13.0. The molecule has 0 atom stereocenters. The molecule has 0 fully saturated rings. The molecule has 0 aliphatic heterocycles. The summed E-state index contributed by atoms with van der Waals surface area (Å²) in [5.41, 5.74) is 8.86. The van der Waals surface area contributed by atoms with Crippen molar-refractivity contribution in [3.63, 3.8) is 0 Å². The van der Waals surface area contributed by atoms with Crippen molar-refractivity contribution in [2.24, 2.45) is 5.73 Å². The number of hydrogen-bond acceptors (Lipinski definition) is 1. The monoisotopic (exact) mass is 239 g/mol. The first-order valence-electron chi connectivity index (χ1n) is 5.76. The number of hydrogen-bond donors (Lipinski definition) is 1. The molecule has 0 amide bonds. The average Bonchev–Trinajstić information content (AvgIpc) is 2.40. The van der Waals surface area contributed by atoms with E-state index in [9.17, 15) is 4.39 Å². The second kappa shape index (κ2) is 5.48. The Morgan fingerprint density at radius 1 is 1.06 bits per heavy atom. The van der Waals surface area contributed by atoms with Gasteiger partial charge >= 0.3 is 0 Å². The number of benzene rings is 2. The molecule has 0 heterocycles. The summed E-state index contributed by atoms with van der Waals surface area (Å²) in [6, 6.07) is 12.6. The van der Waals surface area contributed by atoms with Crippen molar-refractivity contribution < 1.29 is 4.39 Å². The fourth-order valence-electron chi connectivity index (χ4n) is 1.60. The number of halogens is 1. The third-order valence-electron chi connectivity index (χ3n) is 2.65. The number of rotatable bonds is 1. The molecule has 0 aromatic heterocycles. The molecule has 0 radical (unpaired) electrons. The summed E-state index contributed by atoms with van der Waals surface area (Å²) in [6.45, 7) is 2.43. The van der Waals surface area contributed by atoms with Crippen LogP contribution in [0.5, 0.6) is 0 Å². The second-order valence-corrected chi connectivity index (χ2v) is 4.13. The highest BCUT2D eigenvalue weighted by molar-refractivity contribution is 5.45. The maximum absolute atomic E-state index is 13.5. The molecule has 0 saturated carbocycles. The van der Waals surface area contributed by atoms with Crippen LogP contribution in [0.2, 0.25) is 0 Å². The molecular weight excluding hydrogens is 225 g/mol. The van der Waals surface area contributed by atoms with Crippen molar-refractivity contribution in [2.75, 3.05) is 0 Å². The molecule has 2 rings (SSSR count). The van der Waals surface area contributed by atoms with Crippen LogP contribution in [0, 0.1) is 24.6 Å². The minimum absolute atomic E-state index is 0.285. The molecule has 0 saturated heterocycles. The van der Waals surface area contributed by atoms with Crippen LogP contribution in [-0.4, -0.2) is 0 Å². The minimum Gasteiger partial charge on any atom is -0.326 e.